The lowest BCUT2D eigenvalue weighted by Gasteiger charge is -2.10. The molecule has 0 atom stereocenters. The van der Waals surface area contributed by atoms with Gasteiger partial charge in [-0.15, -0.1) is 0 Å². The molecule has 2 aromatic carbocycles. The van der Waals surface area contributed by atoms with E-state index in [1.807, 2.05) is 12.1 Å². The van der Waals surface area contributed by atoms with Crippen LogP contribution in [0.5, 0.6) is 0 Å². The molecule has 6 nitrogen and oxygen atoms in total. The van der Waals surface area contributed by atoms with Gasteiger partial charge in [-0.3, -0.25) is 4.79 Å². The normalized spacial score (nSPS) is 11.1. The number of carbonyl (C=O) groups is 1. The summed E-state index contributed by atoms with van der Waals surface area (Å²) in [5.74, 6) is -0.317. The quantitative estimate of drug-likeness (QED) is 0.827. The molecule has 0 aliphatic heterocycles. The second kappa shape index (κ2) is 7.92. The molecule has 0 fully saturated rings. The minimum absolute atomic E-state index is 0.111. The molecule has 2 N–H and O–H groups in total. The van der Waals surface area contributed by atoms with Crippen LogP contribution in [0.2, 0.25) is 0 Å². The molecular weight excluding hydrogens is 338 g/mol. The highest BCUT2D eigenvalue weighted by Gasteiger charge is 2.16. The van der Waals surface area contributed by atoms with Gasteiger partial charge in [0, 0.05) is 18.2 Å². The van der Waals surface area contributed by atoms with Crippen molar-refractivity contribution in [3.8, 4) is 6.07 Å². The molecule has 0 bridgehead atoms. The Morgan fingerprint density at radius 2 is 1.84 bits per heavy atom. The summed E-state index contributed by atoms with van der Waals surface area (Å²) in [6, 6.07) is 14.5. The van der Waals surface area contributed by atoms with E-state index in [1.165, 1.54) is 24.3 Å². The molecule has 0 spiro atoms. The number of nitrogens with one attached hydrogen (secondary N) is 2. The van der Waals surface area contributed by atoms with Gasteiger partial charge in [0.2, 0.25) is 10.0 Å². The summed E-state index contributed by atoms with van der Waals surface area (Å²) in [5.41, 5.74) is 1.70. The Bertz CT molecular complexity index is 898. The van der Waals surface area contributed by atoms with Crippen molar-refractivity contribution >= 4 is 15.9 Å². The van der Waals surface area contributed by atoms with Crippen LogP contribution in [0, 0.1) is 11.3 Å². The molecule has 1 amide bonds. The van der Waals surface area contributed by atoms with Gasteiger partial charge in [0.1, 0.15) is 0 Å². The first kappa shape index (κ1) is 18.6. The maximum absolute atomic E-state index is 12.2. The first-order valence-corrected chi connectivity index (χ1v) is 9.20. The van der Waals surface area contributed by atoms with Crippen molar-refractivity contribution in [2.24, 2.45) is 0 Å². The third kappa shape index (κ3) is 5.14. The van der Waals surface area contributed by atoms with Crippen LogP contribution in [0.1, 0.15) is 35.3 Å². The van der Waals surface area contributed by atoms with E-state index in [4.69, 9.17) is 5.26 Å². The fourth-order valence-corrected chi connectivity index (χ4v) is 3.45. The fraction of sp³-hybridized carbons (Fsp3) is 0.222. The highest BCUT2D eigenvalue weighted by Crippen LogP contribution is 2.11. The van der Waals surface area contributed by atoms with E-state index in [0.29, 0.717) is 11.1 Å². The zero-order chi connectivity index (χ0) is 18.4. The van der Waals surface area contributed by atoms with Crippen LogP contribution < -0.4 is 10.0 Å². The molecule has 25 heavy (non-hydrogen) atoms. The van der Waals surface area contributed by atoms with Crippen molar-refractivity contribution in [3.63, 3.8) is 0 Å². The summed E-state index contributed by atoms with van der Waals surface area (Å²) in [7, 11) is -3.58. The van der Waals surface area contributed by atoms with Gasteiger partial charge in [-0.1, -0.05) is 12.1 Å². The van der Waals surface area contributed by atoms with Crippen LogP contribution in [0.25, 0.3) is 0 Å². The molecule has 2 aromatic rings. The van der Waals surface area contributed by atoms with Gasteiger partial charge >= 0.3 is 0 Å². The van der Waals surface area contributed by atoms with Gasteiger partial charge in [-0.25, -0.2) is 13.1 Å². The van der Waals surface area contributed by atoms with Crippen molar-refractivity contribution in [3.05, 3.63) is 65.2 Å². The number of sulfonamides is 1. The Hall–Kier alpha value is -2.69. The van der Waals surface area contributed by atoms with E-state index in [9.17, 15) is 13.2 Å². The van der Waals surface area contributed by atoms with Gasteiger partial charge in [0.05, 0.1) is 16.5 Å². The standard InChI is InChI=1S/C18H19N3O3S/c1-13(2)21-25(23,24)17-8-6-16(7-9-17)18(22)20-12-15-5-3-4-14(10-15)11-19/h3-10,13,21H,12H2,1-2H3,(H,20,22). The maximum atomic E-state index is 12.2. The second-order valence-electron chi connectivity index (χ2n) is 5.80. The summed E-state index contributed by atoms with van der Waals surface area (Å²) in [6.07, 6.45) is 0. The number of nitriles is 1. The van der Waals surface area contributed by atoms with Crippen molar-refractivity contribution in [2.75, 3.05) is 0 Å². The summed E-state index contributed by atoms with van der Waals surface area (Å²) in [4.78, 5) is 12.3. The lowest BCUT2D eigenvalue weighted by atomic mass is 10.1. The fourth-order valence-electron chi connectivity index (χ4n) is 2.20. The molecule has 0 saturated carbocycles. The zero-order valence-electron chi connectivity index (χ0n) is 14.0. The monoisotopic (exact) mass is 357 g/mol. The average molecular weight is 357 g/mol. The molecule has 0 radical (unpaired) electrons. The van der Waals surface area contributed by atoms with Crippen LogP contribution in [-0.4, -0.2) is 20.4 Å². The molecule has 130 valence electrons. The smallest absolute Gasteiger partial charge is 0.251 e. The molecular formula is C18H19N3O3S. The van der Waals surface area contributed by atoms with Gasteiger partial charge in [0.25, 0.3) is 5.91 Å². The summed E-state index contributed by atoms with van der Waals surface area (Å²) < 4.78 is 26.6. The van der Waals surface area contributed by atoms with E-state index in [1.54, 1.807) is 32.0 Å². The first-order chi connectivity index (χ1) is 11.8. The molecule has 7 heteroatoms. The Kier molecular flexibility index (Phi) is 5.91. The maximum Gasteiger partial charge on any atom is 0.251 e. The predicted octanol–water partition coefficient (Wildman–Crippen LogP) is 2.17. The minimum Gasteiger partial charge on any atom is -0.348 e. The summed E-state index contributed by atoms with van der Waals surface area (Å²) in [5, 5.41) is 11.6. The van der Waals surface area contributed by atoms with Crippen molar-refractivity contribution in [2.45, 2.75) is 31.3 Å². The summed E-state index contributed by atoms with van der Waals surface area (Å²) in [6.45, 7) is 3.75. The highest BCUT2D eigenvalue weighted by molar-refractivity contribution is 7.89. The third-order valence-electron chi connectivity index (χ3n) is 3.33. The van der Waals surface area contributed by atoms with E-state index in [-0.39, 0.29) is 23.4 Å². The Morgan fingerprint density at radius 3 is 2.44 bits per heavy atom. The number of rotatable bonds is 6. The average Bonchev–Trinajstić information content (AvgIpc) is 2.59. The largest absolute Gasteiger partial charge is 0.348 e. The Balaban J connectivity index is 2.04. The van der Waals surface area contributed by atoms with Crippen molar-refractivity contribution < 1.29 is 13.2 Å². The van der Waals surface area contributed by atoms with E-state index in [0.717, 1.165) is 5.56 Å². The molecule has 2 rings (SSSR count). The van der Waals surface area contributed by atoms with Crippen molar-refractivity contribution in [1.82, 2.24) is 10.0 Å². The Labute approximate surface area is 147 Å². The number of hydrogen-bond donors (Lipinski definition) is 2. The number of nitrogens with zero attached hydrogens (tertiary/aromatic N) is 1. The number of carbonyl (C=O) groups excluding carboxylic acids is 1. The SMILES string of the molecule is CC(C)NS(=O)(=O)c1ccc(C(=O)NCc2cccc(C#N)c2)cc1. The van der Waals surface area contributed by atoms with Gasteiger partial charge in [0.15, 0.2) is 0 Å². The van der Waals surface area contributed by atoms with Crippen molar-refractivity contribution in [1.29, 1.82) is 5.26 Å². The first-order valence-electron chi connectivity index (χ1n) is 7.71. The third-order valence-corrected chi connectivity index (χ3v) is 5.00. The topological polar surface area (TPSA) is 99.1 Å². The molecule has 0 aromatic heterocycles. The summed E-state index contributed by atoms with van der Waals surface area (Å²) >= 11 is 0. The van der Waals surface area contributed by atoms with Crippen LogP contribution in [-0.2, 0) is 16.6 Å². The van der Waals surface area contributed by atoms with Gasteiger partial charge in [-0.05, 0) is 55.8 Å². The number of benzene rings is 2. The molecule has 0 aliphatic rings. The van der Waals surface area contributed by atoms with Gasteiger partial charge in [-0.2, -0.15) is 5.26 Å². The molecule has 0 aliphatic carbocycles. The van der Waals surface area contributed by atoms with Crippen LogP contribution in [0.15, 0.2) is 53.4 Å². The lowest BCUT2D eigenvalue weighted by molar-refractivity contribution is 0.0951. The van der Waals surface area contributed by atoms with Crippen LogP contribution in [0.4, 0.5) is 0 Å². The number of amides is 1. The van der Waals surface area contributed by atoms with E-state index >= 15 is 0 Å². The van der Waals surface area contributed by atoms with E-state index in [2.05, 4.69) is 10.0 Å². The molecule has 0 heterocycles. The van der Waals surface area contributed by atoms with Crippen LogP contribution in [0.3, 0.4) is 0 Å². The molecule has 0 unspecified atom stereocenters. The second-order valence-corrected chi connectivity index (χ2v) is 7.51. The highest BCUT2D eigenvalue weighted by atomic mass is 32.2. The zero-order valence-corrected chi connectivity index (χ0v) is 14.8. The van der Waals surface area contributed by atoms with Crippen LogP contribution >= 0.6 is 0 Å². The van der Waals surface area contributed by atoms with E-state index < -0.39 is 10.0 Å². The predicted molar refractivity (Wildman–Crippen MR) is 94.2 cm³/mol. The molecule has 0 saturated heterocycles. The Morgan fingerprint density at radius 1 is 1.16 bits per heavy atom. The number of hydrogen-bond acceptors (Lipinski definition) is 4. The lowest BCUT2D eigenvalue weighted by Crippen LogP contribution is -2.30. The minimum atomic E-state index is -3.58. The van der Waals surface area contributed by atoms with Gasteiger partial charge < -0.3 is 5.32 Å².